The number of hydrogen-bond donors (Lipinski definition) is 2. The minimum Gasteiger partial charge on any atom is -0.356 e. The van der Waals surface area contributed by atoms with Crippen LogP contribution in [0.3, 0.4) is 0 Å². The molecule has 0 saturated carbocycles. The molecule has 2 N–H and O–H groups in total. The van der Waals surface area contributed by atoms with Crippen molar-refractivity contribution in [2.24, 2.45) is 10.9 Å². The molecule has 1 aliphatic heterocycles. The number of rotatable bonds is 5. The normalized spacial score (nSPS) is 19.3. The number of piperidine rings is 1. The number of hydrogen-bond acceptors (Lipinski definition) is 2. The number of likely N-dealkylation sites (tertiary alicyclic amines) is 1. The van der Waals surface area contributed by atoms with Crippen molar-refractivity contribution in [2.75, 3.05) is 33.2 Å². The van der Waals surface area contributed by atoms with E-state index in [2.05, 4.69) is 41.3 Å². The van der Waals surface area contributed by atoms with E-state index in [0.717, 1.165) is 18.4 Å². The van der Waals surface area contributed by atoms with Gasteiger partial charge >= 0.3 is 0 Å². The maximum Gasteiger partial charge on any atom is 0.191 e. The predicted molar refractivity (Wildman–Crippen MR) is 79.1 cm³/mol. The molecule has 1 saturated heterocycles. The first-order valence-electron chi connectivity index (χ1n) is 7.31. The highest BCUT2D eigenvalue weighted by Crippen LogP contribution is 2.15. The van der Waals surface area contributed by atoms with Gasteiger partial charge in [-0.3, -0.25) is 4.99 Å². The number of nitrogens with one attached hydrogen (secondary N) is 2. The SMILES string of the molecule is CN=C(NCCCN1CCC(C)CC1)NC(C)C. The minimum atomic E-state index is 0.430. The Morgan fingerprint density at radius 2 is 2.00 bits per heavy atom. The van der Waals surface area contributed by atoms with Crippen LogP contribution in [0.15, 0.2) is 4.99 Å². The zero-order valence-electron chi connectivity index (χ0n) is 12.5. The molecule has 1 rings (SSSR count). The van der Waals surface area contributed by atoms with Crippen LogP contribution in [0.4, 0.5) is 0 Å². The standard InChI is InChI=1S/C14H30N4/c1-12(2)17-14(15-4)16-8-5-9-18-10-6-13(3)7-11-18/h12-13H,5-11H2,1-4H3,(H2,15,16,17). The van der Waals surface area contributed by atoms with Crippen LogP contribution in [0.25, 0.3) is 0 Å². The zero-order valence-corrected chi connectivity index (χ0v) is 12.5. The first kappa shape index (κ1) is 15.3. The molecule has 0 bridgehead atoms. The van der Waals surface area contributed by atoms with Crippen molar-refractivity contribution in [1.82, 2.24) is 15.5 Å². The van der Waals surface area contributed by atoms with Gasteiger partial charge in [-0.25, -0.2) is 0 Å². The van der Waals surface area contributed by atoms with Crippen LogP contribution in [0.5, 0.6) is 0 Å². The van der Waals surface area contributed by atoms with Gasteiger partial charge < -0.3 is 15.5 Å². The lowest BCUT2D eigenvalue weighted by Crippen LogP contribution is -2.42. The second kappa shape index (κ2) is 8.35. The predicted octanol–water partition coefficient (Wildman–Crippen LogP) is 1.68. The Labute approximate surface area is 112 Å². The van der Waals surface area contributed by atoms with E-state index >= 15 is 0 Å². The Balaban J connectivity index is 2.07. The van der Waals surface area contributed by atoms with Gasteiger partial charge in [0.25, 0.3) is 0 Å². The fraction of sp³-hybridized carbons (Fsp3) is 0.929. The van der Waals surface area contributed by atoms with Gasteiger partial charge in [0, 0.05) is 19.6 Å². The second-order valence-electron chi connectivity index (χ2n) is 5.68. The first-order chi connectivity index (χ1) is 8.61. The van der Waals surface area contributed by atoms with Crippen LogP contribution < -0.4 is 10.6 Å². The van der Waals surface area contributed by atoms with Gasteiger partial charge in [-0.05, 0) is 58.7 Å². The number of aliphatic imine (C=N–C) groups is 1. The third-order valence-corrected chi connectivity index (χ3v) is 3.47. The van der Waals surface area contributed by atoms with E-state index in [1.165, 1.54) is 38.9 Å². The second-order valence-corrected chi connectivity index (χ2v) is 5.68. The summed E-state index contributed by atoms with van der Waals surface area (Å²) in [5.74, 6) is 1.84. The summed E-state index contributed by atoms with van der Waals surface area (Å²) >= 11 is 0. The van der Waals surface area contributed by atoms with E-state index in [9.17, 15) is 0 Å². The van der Waals surface area contributed by atoms with Gasteiger partial charge in [0.1, 0.15) is 0 Å². The average Bonchev–Trinajstić information content (AvgIpc) is 2.34. The zero-order chi connectivity index (χ0) is 13.4. The third-order valence-electron chi connectivity index (χ3n) is 3.47. The summed E-state index contributed by atoms with van der Waals surface area (Å²) in [5, 5.41) is 6.66. The average molecular weight is 254 g/mol. The van der Waals surface area contributed by atoms with E-state index < -0.39 is 0 Å². The maximum absolute atomic E-state index is 4.20. The summed E-state index contributed by atoms with van der Waals surface area (Å²) in [4.78, 5) is 6.79. The highest BCUT2D eigenvalue weighted by molar-refractivity contribution is 5.79. The minimum absolute atomic E-state index is 0.430. The Morgan fingerprint density at radius 3 is 2.56 bits per heavy atom. The van der Waals surface area contributed by atoms with Gasteiger partial charge in [0.2, 0.25) is 0 Å². The largest absolute Gasteiger partial charge is 0.356 e. The van der Waals surface area contributed by atoms with Gasteiger partial charge in [0.05, 0.1) is 0 Å². The van der Waals surface area contributed by atoms with Crippen molar-refractivity contribution in [1.29, 1.82) is 0 Å². The quantitative estimate of drug-likeness (QED) is 0.445. The monoisotopic (exact) mass is 254 g/mol. The van der Waals surface area contributed by atoms with Crippen molar-refractivity contribution in [2.45, 2.75) is 46.1 Å². The molecule has 0 unspecified atom stereocenters. The Bertz CT molecular complexity index is 242. The molecule has 1 heterocycles. The Kier molecular flexibility index (Phi) is 7.09. The lowest BCUT2D eigenvalue weighted by molar-refractivity contribution is 0.191. The maximum atomic E-state index is 4.20. The molecule has 0 aromatic rings. The highest BCUT2D eigenvalue weighted by Gasteiger charge is 2.14. The van der Waals surface area contributed by atoms with Crippen LogP contribution in [0.2, 0.25) is 0 Å². The lowest BCUT2D eigenvalue weighted by atomic mass is 9.99. The summed E-state index contributed by atoms with van der Waals surface area (Å²) in [5.41, 5.74) is 0. The van der Waals surface area contributed by atoms with Crippen LogP contribution >= 0.6 is 0 Å². The van der Waals surface area contributed by atoms with Crippen molar-refractivity contribution in [3.63, 3.8) is 0 Å². The highest BCUT2D eigenvalue weighted by atomic mass is 15.2. The molecule has 0 atom stereocenters. The van der Waals surface area contributed by atoms with Crippen molar-refractivity contribution < 1.29 is 0 Å². The molecule has 1 aliphatic rings. The Hall–Kier alpha value is -0.770. The summed E-state index contributed by atoms with van der Waals surface area (Å²) in [6.45, 7) is 11.4. The molecule has 0 aromatic carbocycles. The Morgan fingerprint density at radius 1 is 1.33 bits per heavy atom. The summed E-state index contributed by atoms with van der Waals surface area (Å²) < 4.78 is 0. The third kappa shape index (κ3) is 6.24. The van der Waals surface area contributed by atoms with Gasteiger partial charge in [0.15, 0.2) is 5.96 Å². The summed E-state index contributed by atoms with van der Waals surface area (Å²) in [7, 11) is 1.82. The van der Waals surface area contributed by atoms with E-state index in [4.69, 9.17) is 0 Å². The lowest BCUT2D eigenvalue weighted by Gasteiger charge is -2.30. The van der Waals surface area contributed by atoms with Crippen molar-refractivity contribution >= 4 is 5.96 Å². The molecule has 106 valence electrons. The molecule has 0 spiro atoms. The fourth-order valence-electron chi connectivity index (χ4n) is 2.26. The van der Waals surface area contributed by atoms with Gasteiger partial charge in [-0.15, -0.1) is 0 Å². The molecule has 0 amide bonds. The molecule has 0 aromatic heterocycles. The molecular weight excluding hydrogens is 224 g/mol. The van der Waals surface area contributed by atoms with Crippen LogP contribution in [-0.4, -0.2) is 50.1 Å². The van der Waals surface area contributed by atoms with E-state index in [-0.39, 0.29) is 0 Å². The van der Waals surface area contributed by atoms with Gasteiger partial charge in [-0.1, -0.05) is 6.92 Å². The van der Waals surface area contributed by atoms with E-state index in [0.29, 0.717) is 6.04 Å². The molecule has 0 radical (unpaired) electrons. The number of guanidine groups is 1. The van der Waals surface area contributed by atoms with Crippen molar-refractivity contribution in [3.8, 4) is 0 Å². The first-order valence-corrected chi connectivity index (χ1v) is 7.31. The number of nitrogens with zero attached hydrogens (tertiary/aromatic N) is 2. The van der Waals surface area contributed by atoms with Crippen LogP contribution in [0, 0.1) is 5.92 Å². The molecule has 0 aliphatic carbocycles. The van der Waals surface area contributed by atoms with Crippen molar-refractivity contribution in [3.05, 3.63) is 0 Å². The topological polar surface area (TPSA) is 39.7 Å². The van der Waals surface area contributed by atoms with E-state index in [1.54, 1.807) is 0 Å². The van der Waals surface area contributed by atoms with E-state index in [1.807, 2.05) is 7.05 Å². The fourth-order valence-corrected chi connectivity index (χ4v) is 2.26. The molecular formula is C14H30N4. The van der Waals surface area contributed by atoms with Crippen LogP contribution in [-0.2, 0) is 0 Å². The molecule has 1 fully saturated rings. The molecule has 18 heavy (non-hydrogen) atoms. The summed E-state index contributed by atoms with van der Waals surface area (Å²) in [6, 6.07) is 0.430. The van der Waals surface area contributed by atoms with Gasteiger partial charge in [-0.2, -0.15) is 0 Å². The van der Waals surface area contributed by atoms with Crippen LogP contribution in [0.1, 0.15) is 40.0 Å². The summed E-state index contributed by atoms with van der Waals surface area (Å²) in [6.07, 6.45) is 3.92. The molecule has 4 heteroatoms. The smallest absolute Gasteiger partial charge is 0.191 e. The molecule has 4 nitrogen and oxygen atoms in total.